The van der Waals surface area contributed by atoms with E-state index in [1.165, 1.54) is 0 Å². The van der Waals surface area contributed by atoms with E-state index < -0.39 is 18.3 Å². The molecule has 26 rings (SSSR count). The number of para-hydroxylation sites is 3. The van der Waals surface area contributed by atoms with E-state index in [0.29, 0.717) is 17.8 Å². The zero-order valence-corrected chi connectivity index (χ0v) is 85.6. The average Bonchev–Trinajstić information content (AvgIpc) is 1.70. The van der Waals surface area contributed by atoms with Crippen molar-refractivity contribution in [2.45, 2.75) is 45.3 Å². The van der Waals surface area contributed by atoms with Gasteiger partial charge >= 0.3 is 7.12 Å². The number of carbonyl (C=O) groups is 1. The number of nitrogens with two attached hydrogens (primary N) is 2. The first-order valence-electron chi connectivity index (χ1n) is 47.3. The number of ketones is 1. The number of nitrogen functional groups attached to an aromatic ring is 2. The predicted molar refractivity (Wildman–Crippen MR) is 605 cm³/mol. The molecule has 704 valence electrons. The number of imidazole rings is 5. The number of benzene rings is 12. The Morgan fingerprint density at radius 2 is 0.690 bits per heavy atom. The van der Waals surface area contributed by atoms with Gasteiger partial charge in [-0.25, -0.2) is 39.9 Å². The number of aromatic nitrogens is 13. The first kappa shape index (κ1) is 95.0. The summed E-state index contributed by atoms with van der Waals surface area (Å²) in [6.07, 6.45) is 22.5. The lowest BCUT2D eigenvalue weighted by atomic mass is 9.78. The van der Waals surface area contributed by atoms with Crippen LogP contribution in [0.4, 0.5) is 11.5 Å². The fraction of sp³-hybridized carbons (Fsp3) is 0.0574. The zero-order chi connectivity index (χ0) is 99.2. The third-order valence-corrected chi connectivity index (χ3v) is 28.2. The number of pyridine rings is 8. The van der Waals surface area contributed by atoms with Gasteiger partial charge in [0, 0.05) is 183 Å². The molecule has 23 heteroatoms. The largest absolute Gasteiger partial charge is 0.494 e. The van der Waals surface area contributed by atoms with Gasteiger partial charge in [-0.1, -0.05) is 311 Å². The number of fused-ring (bicyclic) bond motifs is 13. The quantitative estimate of drug-likeness (QED) is 0.0476. The molecule has 0 atom stereocenters. The monoisotopic (exact) mass is 2140 g/mol. The third-order valence-electron chi connectivity index (χ3n) is 26.0. The molecule has 0 aliphatic carbocycles. The van der Waals surface area contributed by atoms with Crippen LogP contribution in [0, 0.1) is 0 Å². The van der Waals surface area contributed by atoms with E-state index in [2.05, 4.69) is 299 Å². The van der Waals surface area contributed by atoms with Crippen molar-refractivity contribution >= 4 is 165 Å². The maximum absolute atomic E-state index is 13.0. The van der Waals surface area contributed by atoms with Crippen molar-refractivity contribution in [1.82, 2.24) is 61.9 Å². The third kappa shape index (κ3) is 20.3. The molecule has 14 heterocycles. The maximum atomic E-state index is 13.0. The Bertz CT molecular complexity index is 9040. The van der Waals surface area contributed by atoms with Crippen LogP contribution in [0.5, 0.6) is 0 Å². The summed E-state index contributed by atoms with van der Waals surface area (Å²) in [4.78, 5) is 51.4. The van der Waals surface area contributed by atoms with Gasteiger partial charge in [0.15, 0.2) is 11.4 Å². The SMILES string of the molecule is Brc1cccc(-c2nc3ccccc3c3c2ccn2cc(-c4ccccc4)nc32)c1.Brc1cccn2cc(-c3ccccc3)nc12.CC1(C)OB(c2cccc(-c3nc4ccccc4c4c3ccn3cc(-c5ccccc5)nc43)c2)OC1(C)C.Nc1ccccc1-c1cccn2cc(-c3ccccc3)nc12.Nc1ncccc1Br.O=C(Cc1ccccc1-c1cccn2cc(-c3ccccc3)nc12)c1cccc(Br)c1. The Balaban J connectivity index is 0.000000107. The summed E-state index contributed by atoms with van der Waals surface area (Å²) in [6.45, 7) is 8.31. The Kier molecular flexibility index (Phi) is 27.3. The van der Waals surface area contributed by atoms with Gasteiger partial charge in [0.25, 0.3) is 0 Å². The lowest BCUT2D eigenvalue weighted by Crippen LogP contribution is -2.41. The van der Waals surface area contributed by atoms with Crippen molar-refractivity contribution in [3.8, 4) is 101 Å². The van der Waals surface area contributed by atoms with Crippen molar-refractivity contribution in [3.05, 3.63) is 479 Å². The van der Waals surface area contributed by atoms with E-state index in [1.807, 2.05) is 269 Å². The molecule has 1 aliphatic heterocycles. The molecule has 0 saturated carbocycles. The van der Waals surface area contributed by atoms with E-state index >= 15 is 0 Å². The minimum Gasteiger partial charge on any atom is -0.399 e. The molecule has 1 saturated heterocycles. The fourth-order valence-corrected chi connectivity index (χ4v) is 19.5. The van der Waals surface area contributed by atoms with Crippen LogP contribution in [0.25, 0.3) is 173 Å². The highest BCUT2D eigenvalue weighted by atomic mass is 79.9. The van der Waals surface area contributed by atoms with Crippen LogP contribution in [0.1, 0.15) is 43.6 Å². The molecule has 0 spiro atoms. The minimum atomic E-state index is -0.431. The molecular weight excluding hydrogens is 2050 g/mol. The van der Waals surface area contributed by atoms with Gasteiger partial charge in [-0.05, 0) is 179 Å². The molecule has 13 aromatic heterocycles. The van der Waals surface area contributed by atoms with Crippen molar-refractivity contribution in [2.75, 3.05) is 11.5 Å². The molecule has 12 aromatic carbocycles. The standard InChI is InChI=1S/C32H28BN3O2.C27H19BrN2O.C26H16BrN3.C19H15N3.C13H9BrN2.C5H5BrN2/c1-31(2)32(3,4)38-33(37-31)23-14-10-13-22(19-23)29-25-17-18-36-20-27(21-11-6-5-7-12-21)35-30(36)28(25)24-15-8-9-16-26(24)34-29;28-22-12-6-11-21(16-22)26(31)17-20-10-4-5-13-23(20)24-14-7-15-30-18-25(29-27(24)30)19-8-2-1-3-9-19;27-19-10-6-9-18(15-19)25-21-13-14-30-16-23(17-7-2-1-3-8-17)29-26(30)24(21)20-11-4-5-12-22(20)28-25;20-17-11-5-4-9-15(17)16-10-6-12-22-13-18(21-19(16)22)14-7-2-1-3-8-14;14-11-7-4-8-16-9-12(15-13(11)16)10-5-2-1-3-6-10;6-4-2-1-3-8-5(4)7/h5-20H,1-4H3;1-16,18H,17H2;1-16H;1-13H,20H2;1-9H;1-3H,(H2,7,8). The van der Waals surface area contributed by atoms with Crippen LogP contribution in [0.2, 0.25) is 0 Å². The molecule has 145 heavy (non-hydrogen) atoms. The molecule has 0 amide bonds. The average molecular weight is 2150 g/mol. The van der Waals surface area contributed by atoms with E-state index in [-0.39, 0.29) is 5.78 Å². The van der Waals surface area contributed by atoms with E-state index in [9.17, 15) is 4.79 Å². The van der Waals surface area contributed by atoms with Crippen LogP contribution in [-0.4, -0.2) is 86.0 Å². The highest BCUT2D eigenvalue weighted by Crippen LogP contribution is 2.43. The molecule has 1 aliphatic rings. The number of hydrogen-bond donors (Lipinski definition) is 2. The first-order chi connectivity index (χ1) is 70.7. The fourth-order valence-electron chi connectivity index (χ4n) is 18.0. The topological polar surface area (TPSA) is 213 Å². The molecule has 0 bridgehead atoms. The normalized spacial score (nSPS) is 12.4. The summed E-state index contributed by atoms with van der Waals surface area (Å²) < 4.78 is 26.8. The Morgan fingerprint density at radius 3 is 1.14 bits per heavy atom. The summed E-state index contributed by atoms with van der Waals surface area (Å²) in [5.74, 6) is 0.626. The minimum absolute atomic E-state index is 0.0917. The lowest BCUT2D eigenvalue weighted by Gasteiger charge is -2.32. The molecule has 1 fully saturated rings. The number of Topliss-reactive ketones (excluding diaryl/α,β-unsaturated/α-hetero) is 1. The van der Waals surface area contributed by atoms with Gasteiger partial charge in [0.1, 0.15) is 28.4 Å². The molecule has 0 radical (unpaired) electrons. The predicted octanol–water partition coefficient (Wildman–Crippen LogP) is 30.1. The second-order valence-corrected chi connectivity index (χ2v) is 39.5. The second kappa shape index (κ2) is 41.7. The van der Waals surface area contributed by atoms with Gasteiger partial charge < -0.3 is 42.8 Å². The Labute approximate surface area is 871 Å². The molecule has 4 N–H and O–H groups in total. The number of rotatable bonds is 13. The number of carbonyl (C=O) groups excluding carboxylic acids is 1. The number of anilines is 2. The summed E-state index contributed by atoms with van der Waals surface area (Å²) in [6, 6.07) is 128. The van der Waals surface area contributed by atoms with Crippen molar-refractivity contribution in [3.63, 3.8) is 0 Å². The Hall–Kier alpha value is -16.2. The van der Waals surface area contributed by atoms with Crippen LogP contribution in [-0.2, 0) is 15.7 Å². The van der Waals surface area contributed by atoms with Gasteiger partial charge in [-0.3, -0.25) is 4.79 Å². The lowest BCUT2D eigenvalue weighted by molar-refractivity contribution is 0.00578. The second-order valence-electron chi connectivity index (χ2n) is 35.9. The van der Waals surface area contributed by atoms with E-state index in [4.69, 9.17) is 50.7 Å². The van der Waals surface area contributed by atoms with Crippen LogP contribution in [0.15, 0.2) is 468 Å². The van der Waals surface area contributed by atoms with Crippen LogP contribution in [0.3, 0.4) is 0 Å². The highest BCUT2D eigenvalue weighted by Gasteiger charge is 2.52. The van der Waals surface area contributed by atoms with Crippen molar-refractivity contribution in [2.24, 2.45) is 0 Å². The van der Waals surface area contributed by atoms with Gasteiger partial charge in [-0.2, -0.15) is 0 Å². The Morgan fingerprint density at radius 1 is 0.317 bits per heavy atom. The van der Waals surface area contributed by atoms with Gasteiger partial charge in [0.2, 0.25) is 0 Å². The summed E-state index contributed by atoms with van der Waals surface area (Å²) in [5.41, 5.74) is 39.1. The zero-order valence-electron chi connectivity index (χ0n) is 79.2. The first-order valence-corrected chi connectivity index (χ1v) is 50.5. The van der Waals surface area contributed by atoms with Crippen LogP contribution >= 0.6 is 63.7 Å². The van der Waals surface area contributed by atoms with E-state index in [1.54, 1.807) is 6.20 Å². The highest BCUT2D eigenvalue weighted by molar-refractivity contribution is 9.11. The molecular formula is C122H92BBr4N15O3. The summed E-state index contributed by atoms with van der Waals surface area (Å²) in [5, 5.41) is 6.58. The number of halogens is 4. The maximum Gasteiger partial charge on any atom is 0.494 e. The number of nitrogens with zero attached hydrogens (tertiary/aromatic N) is 13. The molecule has 25 aromatic rings. The molecule has 18 nitrogen and oxygen atoms in total. The van der Waals surface area contributed by atoms with Crippen molar-refractivity contribution < 1.29 is 14.1 Å². The smallest absolute Gasteiger partial charge is 0.399 e. The van der Waals surface area contributed by atoms with Crippen LogP contribution < -0.4 is 16.9 Å². The summed E-state index contributed by atoms with van der Waals surface area (Å²) >= 11 is 13.8. The van der Waals surface area contributed by atoms with Gasteiger partial charge in [0.05, 0.1) is 71.0 Å². The summed E-state index contributed by atoms with van der Waals surface area (Å²) in [7, 11) is -0.431. The molecule has 0 unspecified atom stereocenters. The van der Waals surface area contributed by atoms with Gasteiger partial charge in [-0.15, -0.1) is 0 Å². The van der Waals surface area contributed by atoms with E-state index in [0.717, 1.165) is 207 Å². The van der Waals surface area contributed by atoms with Crippen molar-refractivity contribution in [1.29, 1.82) is 0 Å². The number of hydrogen-bond acceptors (Lipinski definition) is 13.